The first-order valence-corrected chi connectivity index (χ1v) is 11.7. The van der Waals surface area contributed by atoms with E-state index in [1.54, 1.807) is 0 Å². The number of aryl methyl sites for hydroxylation is 1. The maximum atomic E-state index is 11.8. The van der Waals surface area contributed by atoms with Crippen molar-refractivity contribution >= 4 is 5.97 Å². The molecule has 9 heteroatoms. The first kappa shape index (κ1) is 23.3. The molecule has 176 valence electrons. The number of carboxylic acid groups (broad SMARTS) is 1. The number of aliphatic carboxylic acids is 1. The maximum Gasteiger partial charge on any atom is 0.314 e. The van der Waals surface area contributed by atoms with Crippen LogP contribution in [0.3, 0.4) is 0 Å². The van der Waals surface area contributed by atoms with Gasteiger partial charge in [0.2, 0.25) is 5.82 Å². The molecule has 4 aromatic rings. The molecule has 2 aromatic heterocycles. The number of aromatic amines is 1. The van der Waals surface area contributed by atoms with Crippen molar-refractivity contribution < 1.29 is 9.90 Å². The molecule has 0 bridgehead atoms. The summed E-state index contributed by atoms with van der Waals surface area (Å²) in [5.74, 6) is 0.258. The fourth-order valence-electron chi connectivity index (χ4n) is 4.01. The van der Waals surface area contributed by atoms with Gasteiger partial charge in [-0.1, -0.05) is 75.2 Å². The molecule has 0 amide bonds. The Bertz CT molecular complexity index is 1220. The summed E-state index contributed by atoms with van der Waals surface area (Å²) >= 11 is 0. The zero-order valence-electron chi connectivity index (χ0n) is 19.5. The van der Waals surface area contributed by atoms with Crippen molar-refractivity contribution in [2.24, 2.45) is 0 Å². The molecule has 0 aliphatic heterocycles. The minimum Gasteiger partial charge on any atom is -0.481 e. The average Bonchev–Trinajstić information content (AvgIpc) is 3.52. The van der Waals surface area contributed by atoms with Crippen LogP contribution in [0, 0.1) is 0 Å². The number of aromatic nitrogens is 7. The summed E-state index contributed by atoms with van der Waals surface area (Å²) in [7, 11) is 0. The summed E-state index contributed by atoms with van der Waals surface area (Å²) in [5, 5.41) is 28.7. The van der Waals surface area contributed by atoms with Gasteiger partial charge >= 0.3 is 5.97 Å². The minimum absolute atomic E-state index is 0.408. The van der Waals surface area contributed by atoms with Gasteiger partial charge in [0.25, 0.3) is 0 Å². The third-order valence-corrected chi connectivity index (χ3v) is 5.82. The molecule has 2 heterocycles. The number of unbranched alkanes of at least 4 members (excludes halogenated alkanes) is 1. The largest absolute Gasteiger partial charge is 0.481 e. The molecule has 0 saturated heterocycles. The Morgan fingerprint density at radius 2 is 1.82 bits per heavy atom. The molecule has 0 radical (unpaired) electrons. The topological polar surface area (TPSA) is 122 Å². The first-order valence-electron chi connectivity index (χ1n) is 11.7. The first-order chi connectivity index (χ1) is 16.6. The number of H-pyrrole nitrogens is 1. The molecule has 2 aromatic carbocycles. The Kier molecular flexibility index (Phi) is 7.41. The highest BCUT2D eigenvalue weighted by atomic mass is 16.4. The van der Waals surface area contributed by atoms with Crippen LogP contribution in [0.2, 0.25) is 0 Å². The quantitative estimate of drug-likeness (QED) is 0.339. The van der Waals surface area contributed by atoms with Gasteiger partial charge in [0.15, 0.2) is 5.82 Å². The molecule has 9 nitrogen and oxygen atoms in total. The highest BCUT2D eigenvalue weighted by Gasteiger charge is 2.25. The number of rotatable bonds is 11. The van der Waals surface area contributed by atoms with E-state index in [9.17, 15) is 9.90 Å². The van der Waals surface area contributed by atoms with E-state index in [0.717, 1.165) is 53.8 Å². The van der Waals surface area contributed by atoms with Crippen LogP contribution in [0.1, 0.15) is 62.7 Å². The normalized spacial score (nSPS) is 12.1. The third kappa shape index (κ3) is 5.19. The van der Waals surface area contributed by atoms with E-state index in [1.807, 2.05) is 35.9 Å². The average molecular weight is 460 g/mol. The summed E-state index contributed by atoms with van der Waals surface area (Å²) < 4.78 is 1.86. The Labute approximate surface area is 198 Å². The number of carbonyl (C=O) groups is 1. The second kappa shape index (κ2) is 10.8. The van der Waals surface area contributed by atoms with E-state index in [0.29, 0.717) is 24.6 Å². The number of hydrogen-bond acceptors (Lipinski definition) is 6. The number of hydrogen-bond donors (Lipinski definition) is 2. The van der Waals surface area contributed by atoms with Crippen LogP contribution in [-0.2, 0) is 17.8 Å². The predicted octanol–water partition coefficient (Wildman–Crippen LogP) is 4.48. The number of carboxylic acids is 1. The minimum atomic E-state index is -0.870. The van der Waals surface area contributed by atoms with Crippen molar-refractivity contribution in [3.8, 4) is 22.5 Å². The van der Waals surface area contributed by atoms with Gasteiger partial charge in [-0.05, 0) is 34.7 Å². The van der Waals surface area contributed by atoms with Crippen molar-refractivity contribution in [2.45, 2.75) is 58.4 Å². The molecule has 0 aliphatic rings. The monoisotopic (exact) mass is 459 g/mol. The molecule has 0 aliphatic carbocycles. The van der Waals surface area contributed by atoms with Crippen LogP contribution in [0.5, 0.6) is 0 Å². The predicted molar refractivity (Wildman–Crippen MR) is 128 cm³/mol. The van der Waals surface area contributed by atoms with Gasteiger partial charge in [0.1, 0.15) is 11.7 Å². The fraction of sp³-hybridized carbons (Fsp3) is 0.360. The zero-order valence-corrected chi connectivity index (χ0v) is 19.5. The number of nitrogens with one attached hydrogen (secondary N) is 1. The summed E-state index contributed by atoms with van der Waals surface area (Å²) in [4.78, 5) is 16.4. The summed E-state index contributed by atoms with van der Waals surface area (Å²) in [6.07, 6.45) is 4.09. The van der Waals surface area contributed by atoms with Gasteiger partial charge in [-0.15, -0.1) is 10.2 Å². The van der Waals surface area contributed by atoms with Crippen molar-refractivity contribution in [2.75, 3.05) is 0 Å². The molecule has 2 N–H and O–H groups in total. The Morgan fingerprint density at radius 3 is 2.47 bits per heavy atom. The van der Waals surface area contributed by atoms with Crippen LogP contribution in [0.15, 0.2) is 48.5 Å². The van der Waals surface area contributed by atoms with Gasteiger partial charge in [0, 0.05) is 12.0 Å². The number of tetrazole rings is 1. The lowest BCUT2D eigenvalue weighted by Crippen LogP contribution is -2.13. The highest BCUT2D eigenvalue weighted by Crippen LogP contribution is 2.30. The van der Waals surface area contributed by atoms with Crippen molar-refractivity contribution in [3.05, 3.63) is 65.7 Å². The van der Waals surface area contributed by atoms with Crippen LogP contribution < -0.4 is 0 Å². The van der Waals surface area contributed by atoms with Gasteiger partial charge in [-0.2, -0.15) is 10.3 Å². The molecule has 1 atom stereocenters. The Hall–Kier alpha value is -3.88. The lowest BCUT2D eigenvalue weighted by Gasteiger charge is -2.09. The van der Waals surface area contributed by atoms with Gasteiger partial charge < -0.3 is 5.11 Å². The summed E-state index contributed by atoms with van der Waals surface area (Å²) in [5.41, 5.74) is 4.04. The van der Waals surface area contributed by atoms with Crippen LogP contribution in [-0.4, -0.2) is 46.5 Å². The molecule has 0 saturated carbocycles. The number of benzene rings is 2. The van der Waals surface area contributed by atoms with Gasteiger partial charge in [-0.25, -0.2) is 9.67 Å². The molecular weight excluding hydrogens is 430 g/mol. The van der Waals surface area contributed by atoms with Crippen molar-refractivity contribution in [3.63, 3.8) is 0 Å². The van der Waals surface area contributed by atoms with E-state index in [-0.39, 0.29) is 0 Å². The van der Waals surface area contributed by atoms with Crippen LogP contribution in [0.4, 0.5) is 0 Å². The standard InChI is InChI=1S/C25H29N7O2/c1-3-5-11-22-26-23(21(8-4-2)25(33)34)29-32(22)16-17-12-14-18(15-13-17)19-9-6-7-10-20(19)24-27-30-31-28-24/h6-7,9-10,12-15,21H,3-5,8,11,16H2,1-2H3,(H,33,34)(H,27,28,30,31). The Morgan fingerprint density at radius 1 is 1.06 bits per heavy atom. The Balaban J connectivity index is 1.60. The zero-order chi connectivity index (χ0) is 23.9. The lowest BCUT2D eigenvalue weighted by atomic mass is 9.98. The van der Waals surface area contributed by atoms with E-state index < -0.39 is 11.9 Å². The molecule has 1 unspecified atom stereocenters. The molecule has 4 rings (SSSR count). The van der Waals surface area contributed by atoms with Crippen LogP contribution in [0.25, 0.3) is 22.5 Å². The molecule has 34 heavy (non-hydrogen) atoms. The second-order valence-electron chi connectivity index (χ2n) is 8.30. The van der Waals surface area contributed by atoms with Crippen molar-refractivity contribution in [1.29, 1.82) is 0 Å². The smallest absolute Gasteiger partial charge is 0.314 e. The maximum absolute atomic E-state index is 11.8. The SMILES string of the molecule is CCCCc1nc(C(CCC)C(=O)O)nn1Cc1ccc(-c2ccccc2-c2nn[nH]n2)cc1. The second-order valence-corrected chi connectivity index (χ2v) is 8.30. The fourth-order valence-corrected chi connectivity index (χ4v) is 4.01. The molecule has 0 spiro atoms. The van der Waals surface area contributed by atoms with Gasteiger partial charge in [-0.3, -0.25) is 4.79 Å². The van der Waals surface area contributed by atoms with E-state index >= 15 is 0 Å². The highest BCUT2D eigenvalue weighted by molar-refractivity contribution is 5.80. The molecule has 0 fully saturated rings. The molecular formula is C25H29N7O2. The van der Waals surface area contributed by atoms with E-state index in [4.69, 9.17) is 0 Å². The summed E-state index contributed by atoms with van der Waals surface area (Å²) in [6.45, 7) is 4.64. The lowest BCUT2D eigenvalue weighted by molar-refractivity contribution is -0.139. The van der Waals surface area contributed by atoms with E-state index in [1.165, 1.54) is 0 Å². The van der Waals surface area contributed by atoms with E-state index in [2.05, 4.69) is 61.9 Å². The number of nitrogens with zero attached hydrogens (tertiary/aromatic N) is 6. The van der Waals surface area contributed by atoms with Gasteiger partial charge in [0.05, 0.1) is 6.54 Å². The third-order valence-electron chi connectivity index (χ3n) is 5.82. The van der Waals surface area contributed by atoms with Crippen molar-refractivity contribution in [1.82, 2.24) is 35.4 Å². The summed E-state index contributed by atoms with van der Waals surface area (Å²) in [6, 6.07) is 16.2. The van der Waals surface area contributed by atoms with Crippen LogP contribution >= 0.6 is 0 Å².